The summed E-state index contributed by atoms with van der Waals surface area (Å²) in [6, 6.07) is 7.29. The van der Waals surface area contributed by atoms with Gasteiger partial charge < -0.3 is 0 Å². The molecular formula is C14H13F3N4O. The Kier molecular flexibility index (Phi) is 3.19. The van der Waals surface area contributed by atoms with Crippen molar-refractivity contribution in [3.8, 4) is 0 Å². The smallest absolute Gasteiger partial charge is 0.273 e. The summed E-state index contributed by atoms with van der Waals surface area (Å²) in [6.07, 6.45) is -4.61. The number of alkyl halides is 3. The topological polar surface area (TPSA) is 51.0 Å². The molecule has 0 aliphatic carbocycles. The number of carbonyl (C=O) groups excluding carboxylic acids is 1. The quantitative estimate of drug-likeness (QED) is 0.811. The first kappa shape index (κ1) is 14.6. The zero-order chi connectivity index (χ0) is 16.1. The molecule has 22 heavy (non-hydrogen) atoms. The van der Waals surface area contributed by atoms with Crippen LogP contribution < -0.4 is 5.01 Å². The van der Waals surface area contributed by atoms with E-state index in [9.17, 15) is 18.0 Å². The van der Waals surface area contributed by atoms with Crippen molar-refractivity contribution in [2.75, 3.05) is 12.1 Å². The van der Waals surface area contributed by atoms with Crippen LogP contribution in [-0.4, -0.2) is 27.8 Å². The van der Waals surface area contributed by atoms with Crippen LogP contribution in [0.15, 0.2) is 24.3 Å². The molecule has 0 spiro atoms. The van der Waals surface area contributed by atoms with Crippen molar-refractivity contribution < 1.29 is 18.0 Å². The number of halogens is 3. The summed E-state index contributed by atoms with van der Waals surface area (Å²) >= 11 is 0. The molecule has 5 nitrogen and oxygen atoms in total. The van der Waals surface area contributed by atoms with Crippen LogP contribution in [-0.2, 0) is 11.0 Å². The Morgan fingerprint density at radius 1 is 1.18 bits per heavy atom. The maximum atomic E-state index is 13.0. The highest BCUT2D eigenvalue weighted by Crippen LogP contribution is 2.35. The van der Waals surface area contributed by atoms with Crippen LogP contribution in [0.5, 0.6) is 0 Å². The number of aryl methyl sites for hydroxylation is 1. The lowest BCUT2D eigenvalue weighted by Gasteiger charge is -2.31. The van der Waals surface area contributed by atoms with Gasteiger partial charge in [0.2, 0.25) is 5.91 Å². The molecule has 1 aromatic heterocycles. The number of amides is 1. The number of aromatic nitrogens is 3. The summed E-state index contributed by atoms with van der Waals surface area (Å²) in [7, 11) is 1.29. The first-order valence-corrected chi connectivity index (χ1v) is 6.65. The van der Waals surface area contributed by atoms with Crippen molar-refractivity contribution >= 4 is 5.91 Å². The van der Waals surface area contributed by atoms with Gasteiger partial charge in [-0.15, -0.1) is 10.2 Å². The van der Waals surface area contributed by atoms with Gasteiger partial charge in [0.1, 0.15) is 0 Å². The number of carbonyl (C=O) groups is 1. The number of nitrogens with zero attached hydrogens (tertiary/aromatic N) is 4. The van der Waals surface area contributed by atoms with Crippen LogP contribution in [0.1, 0.15) is 35.1 Å². The summed E-state index contributed by atoms with van der Waals surface area (Å²) in [5, 5.41) is 7.85. The Hall–Kier alpha value is -2.38. The van der Waals surface area contributed by atoms with Gasteiger partial charge >= 0.3 is 6.18 Å². The minimum Gasteiger partial charge on any atom is -0.273 e. The molecule has 2 heterocycles. The predicted molar refractivity (Wildman–Crippen MR) is 71.8 cm³/mol. The number of benzene rings is 1. The second kappa shape index (κ2) is 4.82. The Bertz CT molecular complexity index is 721. The minimum atomic E-state index is -4.67. The maximum absolute atomic E-state index is 13.0. The molecule has 1 aliphatic heterocycles. The molecular weight excluding hydrogens is 297 g/mol. The molecule has 0 bridgehead atoms. The molecule has 0 fully saturated rings. The highest BCUT2D eigenvalue weighted by molar-refractivity contribution is 5.87. The van der Waals surface area contributed by atoms with Crippen molar-refractivity contribution in [3.05, 3.63) is 47.0 Å². The van der Waals surface area contributed by atoms with E-state index < -0.39 is 23.8 Å². The SMILES string of the molecule is Cc1ccc(C2CC(=O)N(C)n3c2nnc3C(F)(F)F)cc1. The Morgan fingerprint density at radius 3 is 2.41 bits per heavy atom. The molecule has 1 atom stereocenters. The summed E-state index contributed by atoms with van der Waals surface area (Å²) < 4.78 is 39.9. The van der Waals surface area contributed by atoms with Crippen molar-refractivity contribution in [3.63, 3.8) is 0 Å². The molecule has 0 radical (unpaired) electrons. The van der Waals surface area contributed by atoms with E-state index in [0.29, 0.717) is 0 Å². The molecule has 1 unspecified atom stereocenters. The molecule has 8 heteroatoms. The van der Waals surface area contributed by atoms with Crippen molar-refractivity contribution in [2.45, 2.75) is 25.4 Å². The first-order chi connectivity index (χ1) is 10.3. The molecule has 116 valence electrons. The van der Waals surface area contributed by atoms with Gasteiger partial charge in [-0.3, -0.25) is 4.79 Å². The number of rotatable bonds is 1. The zero-order valence-electron chi connectivity index (χ0n) is 11.9. The van der Waals surface area contributed by atoms with E-state index in [0.717, 1.165) is 20.8 Å². The Balaban J connectivity index is 2.14. The van der Waals surface area contributed by atoms with Crippen LogP contribution in [0.25, 0.3) is 0 Å². The largest absolute Gasteiger partial charge is 0.453 e. The van der Waals surface area contributed by atoms with Crippen molar-refractivity contribution in [2.24, 2.45) is 0 Å². The van der Waals surface area contributed by atoms with Gasteiger partial charge in [0.15, 0.2) is 5.82 Å². The molecule has 1 amide bonds. The van der Waals surface area contributed by atoms with E-state index in [-0.39, 0.29) is 12.2 Å². The molecule has 3 rings (SSSR count). The Labute approximate surface area is 124 Å². The van der Waals surface area contributed by atoms with Gasteiger partial charge in [-0.2, -0.15) is 13.2 Å². The average Bonchev–Trinajstić information content (AvgIpc) is 2.89. The minimum absolute atomic E-state index is 0.0650. The number of fused-ring (bicyclic) bond motifs is 1. The van der Waals surface area contributed by atoms with Crippen LogP contribution in [0.4, 0.5) is 13.2 Å². The van der Waals surface area contributed by atoms with E-state index in [2.05, 4.69) is 10.2 Å². The molecule has 0 saturated heterocycles. The van der Waals surface area contributed by atoms with Gasteiger partial charge in [-0.25, -0.2) is 9.69 Å². The number of hydrogen-bond acceptors (Lipinski definition) is 3. The van der Waals surface area contributed by atoms with Gasteiger partial charge in [-0.05, 0) is 12.5 Å². The Morgan fingerprint density at radius 2 is 1.82 bits per heavy atom. The normalized spacial score (nSPS) is 18.5. The van der Waals surface area contributed by atoms with Gasteiger partial charge in [-0.1, -0.05) is 29.8 Å². The van der Waals surface area contributed by atoms with E-state index in [4.69, 9.17) is 0 Å². The molecule has 1 aromatic carbocycles. The fraction of sp³-hybridized carbons (Fsp3) is 0.357. The fourth-order valence-electron chi connectivity index (χ4n) is 2.56. The van der Waals surface area contributed by atoms with E-state index in [1.54, 1.807) is 12.1 Å². The fourth-order valence-corrected chi connectivity index (χ4v) is 2.56. The average molecular weight is 310 g/mol. The van der Waals surface area contributed by atoms with Crippen molar-refractivity contribution in [1.82, 2.24) is 14.9 Å². The summed E-state index contributed by atoms with van der Waals surface area (Å²) in [6.45, 7) is 1.91. The second-order valence-corrected chi connectivity index (χ2v) is 5.28. The van der Waals surface area contributed by atoms with E-state index >= 15 is 0 Å². The van der Waals surface area contributed by atoms with Gasteiger partial charge in [0.05, 0.1) is 5.92 Å². The first-order valence-electron chi connectivity index (χ1n) is 6.65. The highest BCUT2D eigenvalue weighted by atomic mass is 19.4. The predicted octanol–water partition coefficient (Wildman–Crippen LogP) is 2.24. The molecule has 0 saturated carbocycles. The van der Waals surface area contributed by atoms with E-state index in [1.807, 2.05) is 19.1 Å². The maximum Gasteiger partial charge on any atom is 0.453 e. The highest BCUT2D eigenvalue weighted by Gasteiger charge is 2.44. The van der Waals surface area contributed by atoms with Crippen LogP contribution in [0, 0.1) is 6.92 Å². The second-order valence-electron chi connectivity index (χ2n) is 5.28. The molecule has 0 N–H and O–H groups in total. The molecule has 1 aliphatic rings. The third kappa shape index (κ3) is 2.24. The summed E-state index contributed by atoms with van der Waals surface area (Å²) in [5.41, 5.74) is 1.77. The summed E-state index contributed by atoms with van der Waals surface area (Å²) in [5.74, 6) is -2.01. The third-order valence-electron chi connectivity index (χ3n) is 3.75. The van der Waals surface area contributed by atoms with Crippen molar-refractivity contribution in [1.29, 1.82) is 0 Å². The summed E-state index contributed by atoms with van der Waals surface area (Å²) in [4.78, 5) is 12.1. The van der Waals surface area contributed by atoms with Gasteiger partial charge in [0.25, 0.3) is 5.82 Å². The number of hydrogen-bond donors (Lipinski definition) is 0. The van der Waals surface area contributed by atoms with Crippen LogP contribution >= 0.6 is 0 Å². The van der Waals surface area contributed by atoms with Gasteiger partial charge in [0, 0.05) is 13.5 Å². The van der Waals surface area contributed by atoms with Crippen LogP contribution in [0.3, 0.4) is 0 Å². The lowest BCUT2D eigenvalue weighted by molar-refractivity contribution is -0.148. The third-order valence-corrected chi connectivity index (χ3v) is 3.75. The molecule has 2 aromatic rings. The lowest BCUT2D eigenvalue weighted by atomic mass is 9.92. The van der Waals surface area contributed by atoms with E-state index in [1.165, 1.54) is 7.05 Å². The standard InChI is InChI=1S/C14H13F3N4O/c1-8-3-5-9(6-4-8)10-7-11(22)20(2)21-12(10)18-19-13(21)14(15,16)17/h3-6,10H,7H2,1-2H3. The monoisotopic (exact) mass is 310 g/mol. The zero-order valence-corrected chi connectivity index (χ0v) is 11.9. The lowest BCUT2D eigenvalue weighted by Crippen LogP contribution is -2.45. The van der Waals surface area contributed by atoms with Crippen LogP contribution in [0.2, 0.25) is 0 Å².